The monoisotopic (exact) mass is 332 g/mol. The summed E-state index contributed by atoms with van der Waals surface area (Å²) < 4.78 is 28.0. The third kappa shape index (κ3) is 8.32. The van der Waals surface area contributed by atoms with Crippen molar-refractivity contribution in [2.45, 2.75) is 63.2 Å². The molecule has 0 aliphatic heterocycles. The molecule has 120 valence electrons. The maximum atomic E-state index is 11.2. The third-order valence-corrected chi connectivity index (χ3v) is 4.71. The second-order valence-corrected chi connectivity index (χ2v) is 7.80. The van der Waals surface area contributed by atoms with Crippen LogP contribution in [0.1, 0.15) is 58.3 Å². The van der Waals surface area contributed by atoms with Gasteiger partial charge in [0.2, 0.25) is 0 Å². The molecule has 0 spiro atoms. The molecule has 0 N–H and O–H groups in total. The Bertz CT molecular complexity index is 500. The zero-order valence-corrected chi connectivity index (χ0v) is 14.3. The number of benzene rings is 1. The van der Waals surface area contributed by atoms with Gasteiger partial charge < -0.3 is 4.74 Å². The molecule has 0 atom stereocenters. The summed E-state index contributed by atoms with van der Waals surface area (Å²) in [6.07, 6.45) is 9.96. The van der Waals surface area contributed by atoms with E-state index in [4.69, 9.17) is 15.4 Å². The largest absolute Gasteiger partial charge is 0.494 e. The molecule has 0 aliphatic rings. The van der Waals surface area contributed by atoms with Gasteiger partial charge in [0.05, 0.1) is 11.5 Å². The molecule has 1 aromatic carbocycles. The molecular formula is C16H25ClO3S. The maximum absolute atomic E-state index is 11.2. The van der Waals surface area contributed by atoms with Gasteiger partial charge in [-0.3, -0.25) is 0 Å². The van der Waals surface area contributed by atoms with Gasteiger partial charge in [-0.2, -0.15) is 0 Å². The van der Waals surface area contributed by atoms with Crippen LogP contribution in [-0.2, 0) is 9.05 Å². The van der Waals surface area contributed by atoms with Gasteiger partial charge in [-0.1, -0.05) is 57.9 Å². The van der Waals surface area contributed by atoms with Crippen molar-refractivity contribution in [3.8, 4) is 5.75 Å². The van der Waals surface area contributed by atoms with E-state index in [0.29, 0.717) is 12.4 Å². The van der Waals surface area contributed by atoms with E-state index in [-0.39, 0.29) is 4.90 Å². The highest BCUT2D eigenvalue weighted by Gasteiger charge is 2.10. The lowest BCUT2D eigenvalue weighted by Gasteiger charge is -2.07. The van der Waals surface area contributed by atoms with E-state index in [9.17, 15) is 8.42 Å². The van der Waals surface area contributed by atoms with Gasteiger partial charge >= 0.3 is 0 Å². The van der Waals surface area contributed by atoms with Crippen LogP contribution in [0.2, 0.25) is 0 Å². The second-order valence-electron chi connectivity index (χ2n) is 5.24. The molecule has 0 aromatic heterocycles. The molecule has 0 aliphatic carbocycles. The van der Waals surface area contributed by atoms with Crippen LogP contribution < -0.4 is 4.74 Å². The number of hydrogen-bond donors (Lipinski definition) is 0. The minimum absolute atomic E-state index is 0.0811. The quantitative estimate of drug-likeness (QED) is 0.416. The van der Waals surface area contributed by atoms with Crippen LogP contribution in [-0.4, -0.2) is 15.0 Å². The Labute approximate surface area is 133 Å². The summed E-state index contributed by atoms with van der Waals surface area (Å²) in [5.41, 5.74) is 0. The number of ether oxygens (including phenoxy) is 1. The van der Waals surface area contributed by atoms with Crippen molar-refractivity contribution in [1.29, 1.82) is 0 Å². The van der Waals surface area contributed by atoms with Crippen LogP contribution in [0.5, 0.6) is 5.75 Å². The van der Waals surface area contributed by atoms with Crippen LogP contribution in [0.15, 0.2) is 29.2 Å². The molecule has 3 nitrogen and oxygen atoms in total. The van der Waals surface area contributed by atoms with Crippen LogP contribution in [0.3, 0.4) is 0 Å². The van der Waals surface area contributed by atoms with Crippen molar-refractivity contribution in [1.82, 2.24) is 0 Å². The Morgan fingerprint density at radius 2 is 1.62 bits per heavy atom. The van der Waals surface area contributed by atoms with Gasteiger partial charge in [0.15, 0.2) is 0 Å². The van der Waals surface area contributed by atoms with Crippen LogP contribution in [0, 0.1) is 0 Å². The van der Waals surface area contributed by atoms with Crippen molar-refractivity contribution in [3.05, 3.63) is 24.3 Å². The first kappa shape index (κ1) is 18.3. The van der Waals surface area contributed by atoms with Crippen molar-refractivity contribution in [2.24, 2.45) is 0 Å². The highest BCUT2D eigenvalue weighted by molar-refractivity contribution is 8.13. The van der Waals surface area contributed by atoms with Crippen LogP contribution >= 0.6 is 10.7 Å². The van der Waals surface area contributed by atoms with E-state index in [1.165, 1.54) is 50.7 Å². The lowest BCUT2D eigenvalue weighted by Crippen LogP contribution is -1.98. The summed E-state index contributed by atoms with van der Waals surface area (Å²) in [4.78, 5) is 0.0811. The van der Waals surface area contributed by atoms with Gasteiger partial charge in [0.25, 0.3) is 9.05 Å². The van der Waals surface area contributed by atoms with Crippen molar-refractivity contribution < 1.29 is 13.2 Å². The predicted octanol–water partition coefficient (Wildman–Crippen LogP) is 5.13. The molecule has 0 radical (unpaired) electrons. The van der Waals surface area contributed by atoms with E-state index < -0.39 is 9.05 Å². The first-order chi connectivity index (χ1) is 10.0. The fourth-order valence-corrected chi connectivity index (χ4v) is 2.93. The number of halogens is 1. The van der Waals surface area contributed by atoms with E-state index in [1.54, 1.807) is 12.1 Å². The van der Waals surface area contributed by atoms with Crippen molar-refractivity contribution in [3.63, 3.8) is 0 Å². The topological polar surface area (TPSA) is 43.4 Å². The van der Waals surface area contributed by atoms with E-state index >= 15 is 0 Å². The zero-order chi connectivity index (χ0) is 15.6. The van der Waals surface area contributed by atoms with Gasteiger partial charge in [-0.25, -0.2) is 8.42 Å². The van der Waals surface area contributed by atoms with E-state index in [1.807, 2.05) is 0 Å². The van der Waals surface area contributed by atoms with Crippen LogP contribution in [0.25, 0.3) is 0 Å². The molecule has 0 saturated heterocycles. The molecule has 0 bridgehead atoms. The maximum Gasteiger partial charge on any atom is 0.261 e. The smallest absolute Gasteiger partial charge is 0.261 e. The Hall–Kier alpha value is -0.740. The first-order valence-corrected chi connectivity index (χ1v) is 10.0. The van der Waals surface area contributed by atoms with E-state index in [0.717, 1.165) is 12.8 Å². The van der Waals surface area contributed by atoms with Crippen molar-refractivity contribution >= 4 is 19.7 Å². The molecule has 5 heteroatoms. The summed E-state index contributed by atoms with van der Waals surface area (Å²) in [6, 6.07) is 6.31. The number of rotatable bonds is 11. The van der Waals surface area contributed by atoms with E-state index in [2.05, 4.69) is 6.92 Å². The number of hydrogen-bond acceptors (Lipinski definition) is 3. The average Bonchev–Trinajstić information content (AvgIpc) is 2.45. The molecule has 0 unspecified atom stereocenters. The minimum atomic E-state index is -3.68. The summed E-state index contributed by atoms with van der Waals surface area (Å²) in [5, 5.41) is 0. The summed E-state index contributed by atoms with van der Waals surface area (Å²) >= 11 is 0. The van der Waals surface area contributed by atoms with Crippen LogP contribution in [0.4, 0.5) is 0 Å². The summed E-state index contributed by atoms with van der Waals surface area (Å²) in [7, 11) is 1.62. The molecule has 0 saturated carbocycles. The molecule has 0 amide bonds. The summed E-state index contributed by atoms with van der Waals surface area (Å²) in [5.74, 6) is 0.555. The SMILES string of the molecule is CCCCCCCCCCOc1cccc(S(=O)(=O)Cl)c1. The van der Waals surface area contributed by atoms with Gasteiger partial charge in [0.1, 0.15) is 5.75 Å². The highest BCUT2D eigenvalue weighted by atomic mass is 35.7. The predicted molar refractivity (Wildman–Crippen MR) is 87.6 cm³/mol. The fraction of sp³-hybridized carbons (Fsp3) is 0.625. The lowest BCUT2D eigenvalue weighted by atomic mass is 10.1. The molecule has 1 rings (SSSR count). The van der Waals surface area contributed by atoms with Gasteiger partial charge in [-0.05, 0) is 18.6 Å². The average molecular weight is 333 g/mol. The molecule has 0 fully saturated rings. The van der Waals surface area contributed by atoms with Gasteiger partial charge in [-0.15, -0.1) is 0 Å². The Morgan fingerprint density at radius 3 is 2.24 bits per heavy atom. The first-order valence-electron chi connectivity index (χ1n) is 7.71. The fourth-order valence-electron chi connectivity index (χ4n) is 2.14. The molecular weight excluding hydrogens is 308 g/mol. The number of unbranched alkanes of at least 4 members (excludes halogenated alkanes) is 7. The second kappa shape index (κ2) is 10.1. The van der Waals surface area contributed by atoms with Crippen molar-refractivity contribution in [2.75, 3.05) is 6.61 Å². The Balaban J connectivity index is 2.16. The molecule has 21 heavy (non-hydrogen) atoms. The Kier molecular flexibility index (Phi) is 8.77. The highest BCUT2D eigenvalue weighted by Crippen LogP contribution is 2.20. The third-order valence-electron chi connectivity index (χ3n) is 3.35. The minimum Gasteiger partial charge on any atom is -0.494 e. The summed E-state index contributed by atoms with van der Waals surface area (Å²) in [6.45, 7) is 2.84. The standard InChI is InChI=1S/C16H25ClO3S/c1-2-3-4-5-6-7-8-9-13-20-15-11-10-12-16(14-15)21(17,18)19/h10-12,14H,2-9,13H2,1H3. The zero-order valence-electron chi connectivity index (χ0n) is 12.7. The Morgan fingerprint density at radius 1 is 1.00 bits per heavy atom. The lowest BCUT2D eigenvalue weighted by molar-refractivity contribution is 0.303. The molecule has 1 aromatic rings. The normalized spacial score (nSPS) is 11.5. The molecule has 0 heterocycles. The van der Waals surface area contributed by atoms with Gasteiger partial charge in [0, 0.05) is 16.7 Å².